The minimum absolute atomic E-state index is 0.0292. The van der Waals surface area contributed by atoms with Gasteiger partial charge in [-0.15, -0.1) is 0 Å². The maximum Gasteiger partial charge on any atom is 0.311 e. The quantitative estimate of drug-likeness (QED) is 0.625. The molecule has 0 unspecified atom stereocenters. The maximum atomic E-state index is 11.0. The lowest BCUT2D eigenvalue weighted by atomic mass is 10.1. The smallest absolute Gasteiger partial charge is 0.311 e. The number of hydrogen-bond acceptors (Lipinski definition) is 5. The van der Waals surface area contributed by atoms with E-state index in [2.05, 4.69) is 10.3 Å². The van der Waals surface area contributed by atoms with Gasteiger partial charge in [-0.1, -0.05) is 24.3 Å². The summed E-state index contributed by atoms with van der Waals surface area (Å²) in [4.78, 5) is 14.6. The van der Waals surface area contributed by atoms with Crippen molar-refractivity contribution in [2.75, 3.05) is 5.32 Å². The second-order valence-corrected chi connectivity index (χ2v) is 5.11. The maximum absolute atomic E-state index is 11.0. The molecule has 0 fully saturated rings. The summed E-state index contributed by atoms with van der Waals surface area (Å²) in [6.07, 6.45) is 1.68. The molecule has 116 valence electrons. The Balaban J connectivity index is 2.10. The van der Waals surface area contributed by atoms with E-state index in [9.17, 15) is 10.1 Å². The number of pyridine rings is 1. The van der Waals surface area contributed by atoms with Crippen LogP contribution in [0.1, 0.15) is 25.0 Å². The molecule has 1 aromatic heterocycles. The SMILES string of the molecule is CC(C)OCc1ccccc1CNc1ncccc1[N+](=O)[O-]. The molecule has 0 saturated heterocycles. The summed E-state index contributed by atoms with van der Waals surface area (Å²) in [6, 6.07) is 10.8. The standard InChI is InChI=1S/C16H19N3O3/c1-12(2)22-11-14-7-4-3-6-13(14)10-18-16-15(19(20)21)8-5-9-17-16/h3-9,12H,10-11H2,1-2H3,(H,17,18). The number of aromatic nitrogens is 1. The number of nitro groups is 1. The van der Waals surface area contributed by atoms with Gasteiger partial charge < -0.3 is 10.1 Å². The van der Waals surface area contributed by atoms with Crippen LogP contribution in [-0.4, -0.2) is 16.0 Å². The Labute approximate surface area is 129 Å². The summed E-state index contributed by atoms with van der Waals surface area (Å²) in [6.45, 7) is 4.94. The van der Waals surface area contributed by atoms with Crippen molar-refractivity contribution in [3.63, 3.8) is 0 Å². The van der Waals surface area contributed by atoms with Gasteiger partial charge in [0.25, 0.3) is 0 Å². The van der Waals surface area contributed by atoms with Crippen LogP contribution >= 0.6 is 0 Å². The predicted octanol–water partition coefficient (Wildman–Crippen LogP) is 3.53. The van der Waals surface area contributed by atoms with Crippen LogP contribution < -0.4 is 5.32 Å². The molecule has 0 aliphatic carbocycles. The Bertz CT molecular complexity index is 644. The third-order valence-corrected chi connectivity index (χ3v) is 3.12. The van der Waals surface area contributed by atoms with E-state index in [-0.39, 0.29) is 17.6 Å². The molecule has 22 heavy (non-hydrogen) atoms. The molecule has 1 aromatic carbocycles. The van der Waals surface area contributed by atoms with Gasteiger partial charge in [0.05, 0.1) is 17.6 Å². The van der Waals surface area contributed by atoms with E-state index in [0.29, 0.717) is 13.2 Å². The van der Waals surface area contributed by atoms with Crippen molar-refractivity contribution in [2.45, 2.75) is 33.1 Å². The van der Waals surface area contributed by atoms with Crippen molar-refractivity contribution in [1.29, 1.82) is 0 Å². The topological polar surface area (TPSA) is 77.3 Å². The van der Waals surface area contributed by atoms with E-state index in [1.165, 1.54) is 12.3 Å². The van der Waals surface area contributed by atoms with Gasteiger partial charge in [0.2, 0.25) is 5.82 Å². The lowest BCUT2D eigenvalue weighted by molar-refractivity contribution is -0.384. The molecule has 0 aliphatic heterocycles. The molecule has 0 aliphatic rings. The molecule has 1 heterocycles. The Morgan fingerprint density at radius 1 is 1.23 bits per heavy atom. The first-order chi connectivity index (χ1) is 10.6. The Morgan fingerprint density at radius 3 is 2.64 bits per heavy atom. The average Bonchev–Trinajstić information content (AvgIpc) is 2.51. The lowest BCUT2D eigenvalue weighted by Gasteiger charge is -2.13. The van der Waals surface area contributed by atoms with Gasteiger partial charge in [0.15, 0.2) is 0 Å². The van der Waals surface area contributed by atoms with Crippen LogP contribution in [0.2, 0.25) is 0 Å². The molecule has 0 amide bonds. The summed E-state index contributed by atoms with van der Waals surface area (Å²) in [5.41, 5.74) is 2.06. The van der Waals surface area contributed by atoms with Crippen LogP contribution in [0.4, 0.5) is 11.5 Å². The molecule has 0 saturated carbocycles. The fraction of sp³-hybridized carbons (Fsp3) is 0.312. The van der Waals surface area contributed by atoms with Crippen LogP contribution in [0.5, 0.6) is 0 Å². The van der Waals surface area contributed by atoms with E-state index in [1.807, 2.05) is 38.1 Å². The highest BCUT2D eigenvalue weighted by atomic mass is 16.6. The first-order valence-corrected chi connectivity index (χ1v) is 7.09. The molecule has 0 bridgehead atoms. The van der Waals surface area contributed by atoms with E-state index in [4.69, 9.17) is 4.74 Å². The first kappa shape index (κ1) is 15.9. The zero-order valence-electron chi connectivity index (χ0n) is 12.7. The number of nitrogens with one attached hydrogen (secondary N) is 1. The number of hydrogen-bond donors (Lipinski definition) is 1. The molecule has 1 N–H and O–H groups in total. The number of nitrogens with zero attached hydrogens (tertiary/aromatic N) is 2. The van der Waals surface area contributed by atoms with Gasteiger partial charge in [-0.05, 0) is 31.0 Å². The van der Waals surface area contributed by atoms with Crippen molar-refractivity contribution < 1.29 is 9.66 Å². The Morgan fingerprint density at radius 2 is 1.95 bits per heavy atom. The molecule has 6 heteroatoms. The summed E-state index contributed by atoms with van der Waals surface area (Å²) in [7, 11) is 0. The summed E-state index contributed by atoms with van der Waals surface area (Å²) >= 11 is 0. The zero-order chi connectivity index (χ0) is 15.9. The van der Waals surface area contributed by atoms with Gasteiger partial charge in [-0.3, -0.25) is 10.1 Å². The molecular weight excluding hydrogens is 282 g/mol. The number of benzene rings is 1. The third-order valence-electron chi connectivity index (χ3n) is 3.12. The van der Waals surface area contributed by atoms with Crippen molar-refractivity contribution in [3.8, 4) is 0 Å². The highest BCUT2D eigenvalue weighted by molar-refractivity contribution is 5.55. The van der Waals surface area contributed by atoms with Crippen LogP contribution in [0.15, 0.2) is 42.6 Å². The highest BCUT2D eigenvalue weighted by Gasteiger charge is 2.14. The van der Waals surface area contributed by atoms with Crippen molar-refractivity contribution in [3.05, 3.63) is 63.8 Å². The third kappa shape index (κ3) is 4.26. The number of ether oxygens (including phenoxy) is 1. The average molecular weight is 301 g/mol. The minimum Gasteiger partial charge on any atom is -0.374 e. The molecule has 2 rings (SSSR count). The molecule has 0 radical (unpaired) electrons. The second-order valence-electron chi connectivity index (χ2n) is 5.11. The highest BCUT2D eigenvalue weighted by Crippen LogP contribution is 2.21. The number of rotatable bonds is 7. The Hall–Kier alpha value is -2.47. The largest absolute Gasteiger partial charge is 0.374 e. The van der Waals surface area contributed by atoms with Gasteiger partial charge in [-0.2, -0.15) is 0 Å². The zero-order valence-corrected chi connectivity index (χ0v) is 12.7. The van der Waals surface area contributed by atoms with Crippen molar-refractivity contribution >= 4 is 11.5 Å². The normalized spacial score (nSPS) is 10.7. The summed E-state index contributed by atoms with van der Waals surface area (Å²) < 4.78 is 5.63. The van der Waals surface area contributed by atoms with E-state index in [1.54, 1.807) is 6.07 Å². The van der Waals surface area contributed by atoms with Crippen molar-refractivity contribution in [2.24, 2.45) is 0 Å². The predicted molar refractivity (Wildman–Crippen MR) is 84.6 cm³/mol. The van der Waals surface area contributed by atoms with Crippen LogP contribution in [0, 0.1) is 10.1 Å². The Kier molecular flexibility index (Phi) is 5.43. The van der Waals surface area contributed by atoms with Crippen LogP contribution in [0.25, 0.3) is 0 Å². The van der Waals surface area contributed by atoms with Gasteiger partial charge >= 0.3 is 5.69 Å². The lowest BCUT2D eigenvalue weighted by Crippen LogP contribution is -2.08. The molecule has 6 nitrogen and oxygen atoms in total. The second kappa shape index (κ2) is 7.51. The first-order valence-electron chi connectivity index (χ1n) is 7.09. The van der Waals surface area contributed by atoms with E-state index < -0.39 is 4.92 Å². The molecule has 0 atom stereocenters. The minimum atomic E-state index is -0.441. The van der Waals surface area contributed by atoms with Crippen LogP contribution in [0.3, 0.4) is 0 Å². The molecule has 0 spiro atoms. The monoisotopic (exact) mass is 301 g/mol. The van der Waals surface area contributed by atoms with Gasteiger partial charge in [-0.25, -0.2) is 4.98 Å². The summed E-state index contributed by atoms with van der Waals surface area (Å²) in [5, 5.41) is 14.0. The van der Waals surface area contributed by atoms with Crippen molar-refractivity contribution in [1.82, 2.24) is 4.98 Å². The van der Waals surface area contributed by atoms with Gasteiger partial charge in [0, 0.05) is 18.8 Å². The summed E-state index contributed by atoms with van der Waals surface area (Å²) in [5.74, 6) is 0.270. The number of anilines is 1. The molecular formula is C16H19N3O3. The van der Waals surface area contributed by atoms with Gasteiger partial charge in [0.1, 0.15) is 0 Å². The molecule has 2 aromatic rings. The van der Waals surface area contributed by atoms with E-state index >= 15 is 0 Å². The van der Waals surface area contributed by atoms with Crippen LogP contribution in [-0.2, 0) is 17.9 Å². The fourth-order valence-corrected chi connectivity index (χ4v) is 1.99. The van der Waals surface area contributed by atoms with E-state index in [0.717, 1.165) is 11.1 Å². The fourth-order valence-electron chi connectivity index (χ4n) is 1.99.